The molecule has 1 rings (SSSR count). The van der Waals surface area contributed by atoms with E-state index in [1.807, 2.05) is 0 Å². The summed E-state index contributed by atoms with van der Waals surface area (Å²) < 4.78 is 10.0. The van der Waals surface area contributed by atoms with Crippen LogP contribution in [0.25, 0.3) is 0 Å². The summed E-state index contributed by atoms with van der Waals surface area (Å²) in [6.07, 6.45) is 3.69. The SMILES string of the molecule is CCOC(=O)COCCN(CCO)C1CCC1. The predicted molar refractivity (Wildman–Crippen MR) is 63.7 cm³/mol. The van der Waals surface area contributed by atoms with E-state index in [1.54, 1.807) is 6.92 Å². The van der Waals surface area contributed by atoms with Crippen LogP contribution >= 0.6 is 0 Å². The highest BCUT2D eigenvalue weighted by Crippen LogP contribution is 2.24. The molecule has 0 atom stereocenters. The molecule has 0 aromatic rings. The second-order valence-corrected chi connectivity index (χ2v) is 4.20. The maximum atomic E-state index is 11.0. The summed E-state index contributed by atoms with van der Waals surface area (Å²) in [5, 5.41) is 8.96. The molecule has 0 aromatic heterocycles. The lowest BCUT2D eigenvalue weighted by Gasteiger charge is -2.37. The summed E-state index contributed by atoms with van der Waals surface area (Å²) in [6.45, 7) is 4.33. The summed E-state index contributed by atoms with van der Waals surface area (Å²) >= 11 is 0. The van der Waals surface area contributed by atoms with Gasteiger partial charge in [0, 0.05) is 19.1 Å². The van der Waals surface area contributed by atoms with E-state index in [1.165, 1.54) is 19.3 Å². The highest BCUT2D eigenvalue weighted by molar-refractivity contribution is 5.70. The van der Waals surface area contributed by atoms with Gasteiger partial charge in [-0.25, -0.2) is 4.79 Å². The fourth-order valence-corrected chi connectivity index (χ4v) is 1.90. The molecule has 0 radical (unpaired) electrons. The molecule has 1 fully saturated rings. The third-order valence-electron chi connectivity index (χ3n) is 3.03. The van der Waals surface area contributed by atoms with Crippen LogP contribution in [-0.4, -0.2) is 61.5 Å². The molecule has 0 amide bonds. The van der Waals surface area contributed by atoms with Gasteiger partial charge in [0.1, 0.15) is 6.61 Å². The summed E-state index contributed by atoms with van der Waals surface area (Å²) in [6, 6.07) is 0.591. The fourth-order valence-electron chi connectivity index (χ4n) is 1.90. The van der Waals surface area contributed by atoms with Gasteiger partial charge in [0.05, 0.1) is 19.8 Å². The molecule has 100 valence electrons. The van der Waals surface area contributed by atoms with Crippen LogP contribution in [0.4, 0.5) is 0 Å². The van der Waals surface area contributed by atoms with E-state index in [0.29, 0.717) is 25.8 Å². The van der Waals surface area contributed by atoms with Crippen molar-refractivity contribution in [1.29, 1.82) is 0 Å². The zero-order valence-electron chi connectivity index (χ0n) is 10.6. The van der Waals surface area contributed by atoms with E-state index in [2.05, 4.69) is 4.90 Å². The Labute approximate surface area is 103 Å². The Hall–Kier alpha value is -0.650. The third-order valence-corrected chi connectivity index (χ3v) is 3.03. The number of ether oxygens (including phenoxy) is 2. The molecule has 0 spiro atoms. The van der Waals surface area contributed by atoms with E-state index in [9.17, 15) is 4.79 Å². The number of aliphatic hydroxyl groups is 1. The number of rotatable bonds is 9. The standard InChI is InChI=1S/C12H23NO4/c1-2-17-12(15)10-16-9-7-13(6-8-14)11-4-3-5-11/h11,14H,2-10H2,1H3. The minimum atomic E-state index is -0.315. The number of esters is 1. The van der Waals surface area contributed by atoms with E-state index in [0.717, 1.165) is 6.54 Å². The topological polar surface area (TPSA) is 59.0 Å². The van der Waals surface area contributed by atoms with Crippen LogP contribution in [-0.2, 0) is 14.3 Å². The first kappa shape index (κ1) is 14.4. The molecule has 17 heavy (non-hydrogen) atoms. The van der Waals surface area contributed by atoms with Gasteiger partial charge in [0.25, 0.3) is 0 Å². The van der Waals surface area contributed by atoms with Crippen molar-refractivity contribution in [2.24, 2.45) is 0 Å². The minimum absolute atomic E-state index is 0.0193. The molecule has 0 aliphatic heterocycles. The van der Waals surface area contributed by atoms with E-state index in [-0.39, 0.29) is 19.2 Å². The third kappa shape index (κ3) is 5.48. The van der Waals surface area contributed by atoms with Crippen molar-refractivity contribution in [2.45, 2.75) is 32.2 Å². The number of carbonyl (C=O) groups excluding carboxylic acids is 1. The van der Waals surface area contributed by atoms with Crippen molar-refractivity contribution in [2.75, 3.05) is 39.5 Å². The van der Waals surface area contributed by atoms with Gasteiger partial charge >= 0.3 is 5.97 Å². The van der Waals surface area contributed by atoms with Crippen LogP contribution in [0.2, 0.25) is 0 Å². The summed E-state index contributed by atoms with van der Waals surface area (Å²) in [4.78, 5) is 13.2. The summed E-state index contributed by atoms with van der Waals surface area (Å²) in [7, 11) is 0. The zero-order chi connectivity index (χ0) is 12.5. The molecule has 1 saturated carbocycles. The Morgan fingerprint density at radius 2 is 2.18 bits per heavy atom. The van der Waals surface area contributed by atoms with E-state index >= 15 is 0 Å². The Morgan fingerprint density at radius 3 is 2.71 bits per heavy atom. The molecule has 5 nitrogen and oxygen atoms in total. The molecular weight excluding hydrogens is 222 g/mol. The Bertz CT molecular complexity index is 219. The van der Waals surface area contributed by atoms with Crippen molar-refractivity contribution in [1.82, 2.24) is 4.90 Å². The summed E-state index contributed by atoms with van der Waals surface area (Å²) in [5.74, 6) is -0.315. The molecule has 0 bridgehead atoms. The van der Waals surface area contributed by atoms with Crippen LogP contribution in [0, 0.1) is 0 Å². The first-order valence-electron chi connectivity index (χ1n) is 6.36. The van der Waals surface area contributed by atoms with Crippen LogP contribution in [0.5, 0.6) is 0 Å². The van der Waals surface area contributed by atoms with Gasteiger partial charge in [0.15, 0.2) is 0 Å². The van der Waals surface area contributed by atoms with Crippen molar-refractivity contribution < 1.29 is 19.4 Å². The molecule has 0 heterocycles. The van der Waals surface area contributed by atoms with Crippen molar-refractivity contribution in [3.63, 3.8) is 0 Å². The molecule has 1 aliphatic rings. The molecule has 1 N–H and O–H groups in total. The lowest BCUT2D eigenvalue weighted by molar-refractivity contribution is -0.148. The van der Waals surface area contributed by atoms with Gasteiger partial charge in [-0.1, -0.05) is 6.42 Å². The van der Waals surface area contributed by atoms with Crippen molar-refractivity contribution in [3.05, 3.63) is 0 Å². The zero-order valence-corrected chi connectivity index (χ0v) is 10.6. The number of aliphatic hydroxyl groups excluding tert-OH is 1. The molecule has 0 aromatic carbocycles. The van der Waals surface area contributed by atoms with Crippen LogP contribution in [0.15, 0.2) is 0 Å². The van der Waals surface area contributed by atoms with Gasteiger partial charge in [-0.2, -0.15) is 0 Å². The van der Waals surface area contributed by atoms with Gasteiger partial charge in [-0.05, 0) is 19.8 Å². The lowest BCUT2D eigenvalue weighted by Crippen LogP contribution is -2.43. The smallest absolute Gasteiger partial charge is 0.332 e. The normalized spacial score (nSPS) is 15.9. The first-order chi connectivity index (χ1) is 8.27. The maximum absolute atomic E-state index is 11.0. The Morgan fingerprint density at radius 1 is 1.41 bits per heavy atom. The maximum Gasteiger partial charge on any atom is 0.332 e. The monoisotopic (exact) mass is 245 g/mol. The summed E-state index contributed by atoms with van der Waals surface area (Å²) in [5.41, 5.74) is 0. The largest absolute Gasteiger partial charge is 0.464 e. The van der Waals surface area contributed by atoms with Crippen LogP contribution in [0.3, 0.4) is 0 Å². The number of nitrogens with zero attached hydrogens (tertiary/aromatic N) is 1. The molecule has 5 heteroatoms. The first-order valence-corrected chi connectivity index (χ1v) is 6.36. The molecule has 0 unspecified atom stereocenters. The second kappa shape index (κ2) is 8.44. The average molecular weight is 245 g/mol. The van der Waals surface area contributed by atoms with Crippen molar-refractivity contribution >= 4 is 5.97 Å². The minimum Gasteiger partial charge on any atom is -0.464 e. The van der Waals surface area contributed by atoms with Gasteiger partial charge < -0.3 is 14.6 Å². The average Bonchev–Trinajstić information content (AvgIpc) is 2.22. The highest BCUT2D eigenvalue weighted by Gasteiger charge is 2.23. The van der Waals surface area contributed by atoms with E-state index < -0.39 is 0 Å². The number of hydrogen-bond acceptors (Lipinski definition) is 5. The second-order valence-electron chi connectivity index (χ2n) is 4.20. The van der Waals surface area contributed by atoms with Crippen molar-refractivity contribution in [3.8, 4) is 0 Å². The van der Waals surface area contributed by atoms with Crippen LogP contribution < -0.4 is 0 Å². The Balaban J connectivity index is 2.07. The quantitative estimate of drug-likeness (QED) is 0.471. The number of hydrogen-bond donors (Lipinski definition) is 1. The van der Waals surface area contributed by atoms with Gasteiger partial charge in [0.2, 0.25) is 0 Å². The van der Waals surface area contributed by atoms with Gasteiger partial charge in [-0.15, -0.1) is 0 Å². The van der Waals surface area contributed by atoms with Crippen LogP contribution in [0.1, 0.15) is 26.2 Å². The highest BCUT2D eigenvalue weighted by atomic mass is 16.6. The Kier molecular flexibility index (Phi) is 7.16. The molecular formula is C12H23NO4. The molecule has 0 saturated heterocycles. The predicted octanol–water partition coefficient (Wildman–Crippen LogP) is 0.413. The number of carbonyl (C=O) groups is 1. The fraction of sp³-hybridized carbons (Fsp3) is 0.917. The molecule has 1 aliphatic carbocycles. The van der Waals surface area contributed by atoms with Gasteiger partial charge in [-0.3, -0.25) is 4.90 Å². The van der Waals surface area contributed by atoms with E-state index in [4.69, 9.17) is 14.6 Å². The lowest BCUT2D eigenvalue weighted by atomic mass is 9.91.